The number of aryl methyl sites for hydroxylation is 1. The Morgan fingerprint density at radius 3 is 3.08 bits per heavy atom. The van der Waals surface area contributed by atoms with E-state index < -0.39 is 0 Å². The zero-order valence-electron chi connectivity index (χ0n) is 13.6. The van der Waals surface area contributed by atoms with Gasteiger partial charge in [0.05, 0.1) is 0 Å². The van der Waals surface area contributed by atoms with Crippen molar-refractivity contribution >= 4 is 38.3 Å². The van der Waals surface area contributed by atoms with Crippen LogP contribution >= 0.6 is 27.3 Å². The summed E-state index contributed by atoms with van der Waals surface area (Å²) in [6.07, 6.45) is 5.49. The number of amides is 1. The van der Waals surface area contributed by atoms with Crippen LogP contribution in [0.25, 0.3) is 0 Å². The molecule has 1 amide bonds. The van der Waals surface area contributed by atoms with Crippen LogP contribution in [0.15, 0.2) is 40.3 Å². The van der Waals surface area contributed by atoms with Gasteiger partial charge in [-0.1, -0.05) is 34.1 Å². The average molecular weight is 408 g/mol. The van der Waals surface area contributed by atoms with E-state index in [-0.39, 0.29) is 5.91 Å². The third kappa shape index (κ3) is 4.80. The van der Waals surface area contributed by atoms with Gasteiger partial charge < -0.3 is 10.2 Å². The highest BCUT2D eigenvalue weighted by Gasteiger charge is 2.21. The van der Waals surface area contributed by atoms with Crippen molar-refractivity contribution in [3.8, 4) is 0 Å². The number of rotatable bonds is 6. The van der Waals surface area contributed by atoms with Gasteiger partial charge in [-0.25, -0.2) is 4.98 Å². The van der Waals surface area contributed by atoms with Gasteiger partial charge in [-0.2, -0.15) is 0 Å². The molecule has 1 fully saturated rings. The fourth-order valence-electron chi connectivity index (χ4n) is 3.07. The SMILES string of the molecule is O=C(CCc1ccccc1Br)NCC1CCCN(c2nccs2)C1. The van der Waals surface area contributed by atoms with Crippen LogP contribution in [0, 0.1) is 5.92 Å². The molecule has 2 heterocycles. The van der Waals surface area contributed by atoms with Crippen molar-refractivity contribution in [2.45, 2.75) is 25.7 Å². The fourth-order valence-corrected chi connectivity index (χ4v) is 4.24. The fraction of sp³-hybridized carbons (Fsp3) is 0.444. The third-order valence-corrected chi connectivity index (χ3v) is 5.98. The second-order valence-electron chi connectivity index (χ2n) is 6.16. The Balaban J connectivity index is 1.42. The number of hydrogen-bond donors (Lipinski definition) is 1. The number of thiazole rings is 1. The van der Waals surface area contributed by atoms with Crippen molar-refractivity contribution in [2.75, 3.05) is 24.5 Å². The molecular formula is C18H22BrN3OS. The molecule has 1 aromatic heterocycles. The molecule has 1 N–H and O–H groups in total. The molecule has 0 radical (unpaired) electrons. The summed E-state index contributed by atoms with van der Waals surface area (Å²) in [6, 6.07) is 8.07. The Hall–Kier alpha value is -1.40. The Labute approximate surface area is 155 Å². The molecule has 0 spiro atoms. The largest absolute Gasteiger partial charge is 0.356 e. The first-order valence-electron chi connectivity index (χ1n) is 8.37. The predicted octanol–water partition coefficient (Wildman–Crippen LogP) is 3.87. The van der Waals surface area contributed by atoms with Crippen molar-refractivity contribution in [3.63, 3.8) is 0 Å². The van der Waals surface area contributed by atoms with Crippen LogP contribution in [0.1, 0.15) is 24.8 Å². The minimum absolute atomic E-state index is 0.136. The number of halogens is 1. The maximum absolute atomic E-state index is 12.1. The van der Waals surface area contributed by atoms with Gasteiger partial charge in [-0.15, -0.1) is 11.3 Å². The predicted molar refractivity (Wildman–Crippen MR) is 103 cm³/mol. The summed E-state index contributed by atoms with van der Waals surface area (Å²) in [5.74, 6) is 0.646. The highest BCUT2D eigenvalue weighted by atomic mass is 79.9. The van der Waals surface area contributed by atoms with Gasteiger partial charge >= 0.3 is 0 Å². The maximum Gasteiger partial charge on any atom is 0.220 e. The maximum atomic E-state index is 12.1. The van der Waals surface area contributed by atoms with Crippen LogP contribution < -0.4 is 10.2 Å². The smallest absolute Gasteiger partial charge is 0.220 e. The minimum Gasteiger partial charge on any atom is -0.356 e. The van der Waals surface area contributed by atoms with Crippen LogP contribution in [-0.2, 0) is 11.2 Å². The molecule has 1 aromatic carbocycles. The molecule has 0 bridgehead atoms. The summed E-state index contributed by atoms with van der Waals surface area (Å²) >= 11 is 5.22. The van der Waals surface area contributed by atoms with E-state index in [1.807, 2.05) is 29.8 Å². The number of carbonyl (C=O) groups is 1. The summed E-state index contributed by atoms with van der Waals surface area (Å²) < 4.78 is 1.07. The van der Waals surface area contributed by atoms with Gasteiger partial charge in [-0.05, 0) is 36.8 Å². The molecule has 1 atom stereocenters. The Morgan fingerprint density at radius 1 is 1.42 bits per heavy atom. The molecule has 0 aliphatic carbocycles. The van der Waals surface area contributed by atoms with Gasteiger partial charge in [0.1, 0.15) is 0 Å². The van der Waals surface area contributed by atoms with Crippen LogP contribution in [0.2, 0.25) is 0 Å². The number of carbonyl (C=O) groups excluding carboxylic acids is 1. The lowest BCUT2D eigenvalue weighted by molar-refractivity contribution is -0.121. The van der Waals surface area contributed by atoms with E-state index in [4.69, 9.17) is 0 Å². The number of nitrogens with zero attached hydrogens (tertiary/aromatic N) is 2. The van der Waals surface area contributed by atoms with E-state index in [9.17, 15) is 4.79 Å². The van der Waals surface area contributed by atoms with Crippen LogP contribution in [0.5, 0.6) is 0 Å². The standard InChI is InChI=1S/C18H22BrN3OS/c19-16-6-2-1-5-15(16)7-8-17(23)21-12-14-4-3-10-22(13-14)18-20-9-11-24-18/h1-2,5-6,9,11,14H,3-4,7-8,10,12-13H2,(H,21,23). The van der Waals surface area contributed by atoms with Crippen molar-refractivity contribution < 1.29 is 4.79 Å². The summed E-state index contributed by atoms with van der Waals surface area (Å²) in [5.41, 5.74) is 1.18. The topological polar surface area (TPSA) is 45.2 Å². The van der Waals surface area contributed by atoms with Gasteiger partial charge in [0.25, 0.3) is 0 Å². The van der Waals surface area contributed by atoms with Crippen LogP contribution in [0.3, 0.4) is 0 Å². The van der Waals surface area contributed by atoms with E-state index in [0.717, 1.165) is 42.1 Å². The van der Waals surface area contributed by atoms with Gasteiger partial charge in [0, 0.05) is 42.1 Å². The number of benzene rings is 1. The second kappa shape index (κ2) is 8.62. The average Bonchev–Trinajstić information content (AvgIpc) is 3.14. The van der Waals surface area contributed by atoms with Gasteiger partial charge in [-0.3, -0.25) is 4.79 Å². The Morgan fingerprint density at radius 2 is 2.29 bits per heavy atom. The first-order chi connectivity index (χ1) is 11.7. The van der Waals surface area contributed by atoms with E-state index in [0.29, 0.717) is 12.3 Å². The van der Waals surface area contributed by atoms with E-state index in [2.05, 4.69) is 37.2 Å². The summed E-state index contributed by atoms with van der Waals surface area (Å²) in [6.45, 7) is 2.81. The van der Waals surface area contributed by atoms with Crippen molar-refractivity contribution in [3.05, 3.63) is 45.9 Å². The van der Waals surface area contributed by atoms with Crippen molar-refractivity contribution in [1.29, 1.82) is 0 Å². The number of nitrogens with one attached hydrogen (secondary N) is 1. The third-order valence-electron chi connectivity index (χ3n) is 4.38. The highest BCUT2D eigenvalue weighted by molar-refractivity contribution is 9.10. The molecule has 1 saturated heterocycles. The molecule has 3 rings (SSSR count). The van der Waals surface area contributed by atoms with Crippen LogP contribution in [-0.4, -0.2) is 30.5 Å². The molecule has 4 nitrogen and oxygen atoms in total. The number of hydrogen-bond acceptors (Lipinski definition) is 4. The Kier molecular flexibility index (Phi) is 6.26. The lowest BCUT2D eigenvalue weighted by Crippen LogP contribution is -2.41. The monoisotopic (exact) mass is 407 g/mol. The molecule has 24 heavy (non-hydrogen) atoms. The van der Waals surface area contributed by atoms with Crippen LogP contribution in [0.4, 0.5) is 5.13 Å². The molecule has 128 valence electrons. The lowest BCUT2D eigenvalue weighted by atomic mass is 9.98. The van der Waals surface area contributed by atoms with E-state index in [1.165, 1.54) is 12.0 Å². The molecule has 1 aliphatic heterocycles. The summed E-state index contributed by atoms with van der Waals surface area (Å²) in [5, 5.41) is 6.22. The first-order valence-corrected chi connectivity index (χ1v) is 10.0. The zero-order valence-corrected chi connectivity index (χ0v) is 16.0. The quantitative estimate of drug-likeness (QED) is 0.789. The minimum atomic E-state index is 0.136. The molecule has 0 saturated carbocycles. The normalized spacial score (nSPS) is 17.7. The first kappa shape index (κ1) is 17.4. The lowest BCUT2D eigenvalue weighted by Gasteiger charge is -2.32. The highest BCUT2D eigenvalue weighted by Crippen LogP contribution is 2.24. The molecule has 1 aliphatic rings. The number of anilines is 1. The van der Waals surface area contributed by atoms with Gasteiger partial charge in [0.2, 0.25) is 5.91 Å². The zero-order chi connectivity index (χ0) is 16.8. The molecule has 6 heteroatoms. The van der Waals surface area contributed by atoms with E-state index in [1.54, 1.807) is 11.3 Å². The van der Waals surface area contributed by atoms with Gasteiger partial charge in [0.15, 0.2) is 5.13 Å². The van der Waals surface area contributed by atoms with Crippen molar-refractivity contribution in [2.24, 2.45) is 5.92 Å². The van der Waals surface area contributed by atoms with Crippen molar-refractivity contribution in [1.82, 2.24) is 10.3 Å². The summed E-state index contributed by atoms with van der Waals surface area (Å²) in [4.78, 5) is 18.9. The molecule has 2 aromatic rings. The number of piperidine rings is 1. The Bertz CT molecular complexity index is 662. The molecule has 1 unspecified atom stereocenters. The number of aromatic nitrogens is 1. The second-order valence-corrected chi connectivity index (χ2v) is 7.89. The molecular weight excluding hydrogens is 386 g/mol. The van der Waals surface area contributed by atoms with E-state index >= 15 is 0 Å². The summed E-state index contributed by atoms with van der Waals surface area (Å²) in [7, 11) is 0.